The van der Waals surface area contributed by atoms with Crippen molar-refractivity contribution in [2.45, 2.75) is 6.04 Å². The van der Waals surface area contributed by atoms with Crippen LogP contribution in [0.4, 0.5) is 4.79 Å². The molecule has 1 fully saturated rings. The molecule has 0 saturated carbocycles. The van der Waals surface area contributed by atoms with E-state index in [1.807, 2.05) is 60.7 Å². The fourth-order valence-electron chi connectivity index (χ4n) is 3.44. The van der Waals surface area contributed by atoms with Crippen LogP contribution < -0.4 is 10.6 Å². The van der Waals surface area contributed by atoms with Gasteiger partial charge >= 0.3 is 6.03 Å². The second kappa shape index (κ2) is 9.87. The van der Waals surface area contributed by atoms with Crippen LogP contribution in [0.5, 0.6) is 0 Å². The van der Waals surface area contributed by atoms with Crippen molar-refractivity contribution in [1.29, 1.82) is 0 Å². The summed E-state index contributed by atoms with van der Waals surface area (Å²) in [6.45, 7) is 3.53. The van der Waals surface area contributed by atoms with Gasteiger partial charge in [-0.25, -0.2) is 13.2 Å². The van der Waals surface area contributed by atoms with Gasteiger partial charge in [-0.05, 0) is 11.1 Å². The number of urea groups is 1. The van der Waals surface area contributed by atoms with Crippen molar-refractivity contribution in [2.24, 2.45) is 0 Å². The van der Waals surface area contributed by atoms with Crippen molar-refractivity contribution < 1.29 is 13.2 Å². The Morgan fingerprint density at radius 3 is 1.93 bits per heavy atom. The van der Waals surface area contributed by atoms with Gasteiger partial charge < -0.3 is 10.6 Å². The molecule has 0 spiro atoms. The molecule has 2 aromatic rings. The highest BCUT2D eigenvalue weighted by atomic mass is 32.2. The lowest BCUT2D eigenvalue weighted by Crippen LogP contribution is -2.50. The SMILES string of the molecule is CS(=O)(=O)N1CCN(CCNC(=O)NC(c2ccccc2)c2ccccc2)CC1. The molecule has 1 heterocycles. The molecule has 7 nitrogen and oxygen atoms in total. The van der Waals surface area contributed by atoms with Crippen LogP contribution in [0.15, 0.2) is 60.7 Å². The van der Waals surface area contributed by atoms with Crippen LogP contribution in [-0.2, 0) is 10.0 Å². The molecular formula is C21H28N4O3S. The fourth-order valence-corrected chi connectivity index (χ4v) is 4.27. The summed E-state index contributed by atoms with van der Waals surface area (Å²) >= 11 is 0. The number of carbonyl (C=O) groups is 1. The Balaban J connectivity index is 1.50. The van der Waals surface area contributed by atoms with Gasteiger partial charge in [0.25, 0.3) is 0 Å². The van der Waals surface area contributed by atoms with Crippen LogP contribution >= 0.6 is 0 Å². The van der Waals surface area contributed by atoms with E-state index in [-0.39, 0.29) is 12.1 Å². The average Bonchev–Trinajstić information content (AvgIpc) is 2.73. The molecule has 0 radical (unpaired) electrons. The van der Waals surface area contributed by atoms with E-state index >= 15 is 0 Å². The third-order valence-corrected chi connectivity index (χ3v) is 6.36. The van der Waals surface area contributed by atoms with Crippen LogP contribution in [0.2, 0.25) is 0 Å². The molecule has 1 saturated heterocycles. The molecule has 156 valence electrons. The molecule has 0 aliphatic carbocycles. The largest absolute Gasteiger partial charge is 0.337 e. The number of piperazine rings is 1. The van der Waals surface area contributed by atoms with Crippen LogP contribution in [-0.4, -0.2) is 69.2 Å². The predicted octanol–water partition coefficient (Wildman–Crippen LogP) is 1.65. The van der Waals surface area contributed by atoms with Gasteiger partial charge in [-0.3, -0.25) is 4.90 Å². The molecule has 8 heteroatoms. The lowest BCUT2D eigenvalue weighted by atomic mass is 9.99. The summed E-state index contributed by atoms with van der Waals surface area (Å²) in [6, 6.07) is 19.3. The minimum atomic E-state index is -3.12. The van der Waals surface area contributed by atoms with Crippen LogP contribution in [0, 0.1) is 0 Å². The number of amides is 2. The van der Waals surface area contributed by atoms with Gasteiger partial charge in [0, 0.05) is 39.3 Å². The van der Waals surface area contributed by atoms with E-state index in [0.29, 0.717) is 39.3 Å². The molecule has 29 heavy (non-hydrogen) atoms. The first kappa shape index (κ1) is 21.3. The van der Waals surface area contributed by atoms with Crippen molar-refractivity contribution in [3.05, 3.63) is 71.8 Å². The minimum Gasteiger partial charge on any atom is -0.337 e. The zero-order valence-corrected chi connectivity index (χ0v) is 17.4. The second-order valence-corrected chi connectivity index (χ2v) is 9.14. The summed E-state index contributed by atoms with van der Waals surface area (Å²) in [7, 11) is -3.12. The van der Waals surface area contributed by atoms with E-state index < -0.39 is 10.0 Å². The quantitative estimate of drug-likeness (QED) is 0.719. The molecule has 0 aromatic heterocycles. The third-order valence-electron chi connectivity index (χ3n) is 5.06. The van der Waals surface area contributed by atoms with Gasteiger partial charge in [-0.1, -0.05) is 60.7 Å². The normalized spacial score (nSPS) is 15.9. The van der Waals surface area contributed by atoms with E-state index in [9.17, 15) is 13.2 Å². The number of rotatable bonds is 7. The minimum absolute atomic E-state index is 0.225. The highest BCUT2D eigenvalue weighted by Crippen LogP contribution is 2.21. The number of nitrogens with zero attached hydrogens (tertiary/aromatic N) is 2. The van der Waals surface area contributed by atoms with Gasteiger partial charge in [-0.15, -0.1) is 0 Å². The lowest BCUT2D eigenvalue weighted by molar-refractivity contribution is 0.188. The third kappa shape index (κ3) is 6.28. The molecular weight excluding hydrogens is 388 g/mol. The van der Waals surface area contributed by atoms with Crippen LogP contribution in [0.1, 0.15) is 17.2 Å². The van der Waals surface area contributed by atoms with E-state index in [2.05, 4.69) is 15.5 Å². The summed E-state index contributed by atoms with van der Waals surface area (Å²) in [6.07, 6.45) is 1.24. The second-order valence-electron chi connectivity index (χ2n) is 7.16. The fraction of sp³-hybridized carbons (Fsp3) is 0.381. The van der Waals surface area contributed by atoms with Crippen molar-refractivity contribution in [1.82, 2.24) is 19.8 Å². The number of benzene rings is 2. The molecule has 2 amide bonds. The number of hydrogen-bond acceptors (Lipinski definition) is 4. The standard InChI is InChI=1S/C21H28N4O3S/c1-29(27,28)25-16-14-24(15-17-25)13-12-22-21(26)23-20(18-8-4-2-5-9-18)19-10-6-3-7-11-19/h2-11,20H,12-17H2,1H3,(H2,22,23,26). The molecule has 1 aliphatic rings. The number of carbonyl (C=O) groups excluding carboxylic acids is 1. The maximum atomic E-state index is 12.5. The van der Waals surface area contributed by atoms with E-state index in [4.69, 9.17) is 0 Å². The van der Waals surface area contributed by atoms with Crippen LogP contribution in [0.25, 0.3) is 0 Å². The molecule has 3 rings (SSSR count). The van der Waals surface area contributed by atoms with Gasteiger partial charge in [-0.2, -0.15) is 4.31 Å². The van der Waals surface area contributed by atoms with Gasteiger partial charge in [0.05, 0.1) is 12.3 Å². The molecule has 0 bridgehead atoms. The van der Waals surface area contributed by atoms with Crippen molar-refractivity contribution in [2.75, 3.05) is 45.5 Å². The van der Waals surface area contributed by atoms with E-state index in [0.717, 1.165) is 11.1 Å². The molecule has 0 unspecified atom stereocenters. The summed E-state index contributed by atoms with van der Waals surface area (Å²) in [5, 5.41) is 5.98. The maximum Gasteiger partial charge on any atom is 0.315 e. The first-order chi connectivity index (χ1) is 13.9. The van der Waals surface area contributed by atoms with E-state index in [1.54, 1.807) is 0 Å². The summed E-state index contributed by atoms with van der Waals surface area (Å²) in [5.41, 5.74) is 2.04. The summed E-state index contributed by atoms with van der Waals surface area (Å²) in [4.78, 5) is 14.7. The molecule has 1 aliphatic heterocycles. The van der Waals surface area contributed by atoms with Crippen LogP contribution in [0.3, 0.4) is 0 Å². The van der Waals surface area contributed by atoms with Gasteiger partial charge in [0.1, 0.15) is 0 Å². The Morgan fingerprint density at radius 1 is 0.931 bits per heavy atom. The number of nitrogens with one attached hydrogen (secondary N) is 2. The monoisotopic (exact) mass is 416 g/mol. The Kier molecular flexibility index (Phi) is 7.24. The summed E-state index contributed by atoms with van der Waals surface area (Å²) in [5.74, 6) is 0. The molecule has 2 aromatic carbocycles. The summed E-state index contributed by atoms with van der Waals surface area (Å²) < 4.78 is 24.6. The Labute approximate surface area is 172 Å². The van der Waals surface area contributed by atoms with Crippen molar-refractivity contribution in [3.63, 3.8) is 0 Å². The zero-order valence-electron chi connectivity index (χ0n) is 16.6. The first-order valence-electron chi connectivity index (χ1n) is 9.75. The predicted molar refractivity (Wildman–Crippen MR) is 114 cm³/mol. The number of hydrogen-bond donors (Lipinski definition) is 2. The maximum absolute atomic E-state index is 12.5. The Hall–Kier alpha value is -2.42. The number of sulfonamides is 1. The molecule has 2 N–H and O–H groups in total. The Bertz CT molecular complexity index is 843. The topological polar surface area (TPSA) is 81.8 Å². The highest BCUT2D eigenvalue weighted by Gasteiger charge is 2.23. The first-order valence-corrected chi connectivity index (χ1v) is 11.6. The zero-order chi connectivity index (χ0) is 20.7. The van der Waals surface area contributed by atoms with Gasteiger partial charge in [0.15, 0.2) is 0 Å². The Morgan fingerprint density at radius 2 is 1.45 bits per heavy atom. The molecule has 0 atom stereocenters. The van der Waals surface area contributed by atoms with Crippen molar-refractivity contribution in [3.8, 4) is 0 Å². The van der Waals surface area contributed by atoms with Gasteiger partial charge in [0.2, 0.25) is 10.0 Å². The average molecular weight is 417 g/mol. The lowest BCUT2D eigenvalue weighted by Gasteiger charge is -2.33. The smallest absolute Gasteiger partial charge is 0.315 e. The van der Waals surface area contributed by atoms with Crippen molar-refractivity contribution >= 4 is 16.1 Å². The van der Waals surface area contributed by atoms with E-state index in [1.165, 1.54) is 10.6 Å². The highest BCUT2D eigenvalue weighted by molar-refractivity contribution is 7.88.